The normalized spacial score (nSPS) is 26.7. The zero-order valence-corrected chi connectivity index (χ0v) is 27.6. The van der Waals surface area contributed by atoms with Crippen molar-refractivity contribution in [2.45, 2.75) is 94.7 Å². The standard InChI is InChI=1S/C31H46N6O7S/c1-30(2,3)44-29(41)37(28(32)40)25-13-10-8-6-7-9-12-21-20-31(21,33-26(38)24-14-11-19-36(24)27(25)39)45(42,43)34-22-15-17-23(18-16-22)35(4)5/h9,12,15-18,21,24-25,34H,6-8,10-11,13-14,19-20H2,1-5H3,(H2,32,40)(H,33,38)/b12-9-/t21-,24+,25+,31-/m1/s1. The van der Waals surface area contributed by atoms with Gasteiger partial charge < -0.3 is 25.6 Å². The first-order chi connectivity index (χ1) is 21.1. The van der Waals surface area contributed by atoms with E-state index >= 15 is 0 Å². The molecular formula is C31H46N6O7S. The van der Waals surface area contributed by atoms with Crippen LogP contribution >= 0.6 is 0 Å². The molecule has 2 heterocycles. The molecule has 13 nitrogen and oxygen atoms in total. The first kappa shape index (κ1) is 34.1. The smallest absolute Gasteiger partial charge is 0.419 e. The van der Waals surface area contributed by atoms with Crippen LogP contribution in [0.2, 0.25) is 0 Å². The summed E-state index contributed by atoms with van der Waals surface area (Å²) in [6.07, 6.45) is 6.42. The number of rotatable bonds is 5. The summed E-state index contributed by atoms with van der Waals surface area (Å²) in [4.78, 5) is 55.8. The Hall–Kier alpha value is -3.81. The lowest BCUT2D eigenvalue weighted by molar-refractivity contribution is -0.142. The van der Waals surface area contributed by atoms with Crippen molar-refractivity contribution in [3.8, 4) is 0 Å². The van der Waals surface area contributed by atoms with Crippen molar-refractivity contribution >= 4 is 45.3 Å². The van der Waals surface area contributed by atoms with Crippen molar-refractivity contribution in [3.05, 3.63) is 36.4 Å². The number of fused-ring (bicyclic) bond motifs is 2. The lowest BCUT2D eigenvalue weighted by Crippen LogP contribution is -2.59. The van der Waals surface area contributed by atoms with Crippen LogP contribution in [0.1, 0.15) is 72.1 Å². The van der Waals surface area contributed by atoms with E-state index in [2.05, 4.69) is 10.0 Å². The van der Waals surface area contributed by atoms with Crippen LogP contribution in [0.25, 0.3) is 0 Å². The Bertz CT molecular complexity index is 1420. The molecule has 5 amide bonds. The van der Waals surface area contributed by atoms with Gasteiger partial charge >= 0.3 is 12.1 Å². The van der Waals surface area contributed by atoms with Gasteiger partial charge in [0.2, 0.25) is 11.8 Å². The number of imide groups is 1. The Kier molecular flexibility index (Phi) is 10.1. The molecule has 0 spiro atoms. The predicted molar refractivity (Wildman–Crippen MR) is 171 cm³/mol. The van der Waals surface area contributed by atoms with Gasteiger partial charge in [-0.25, -0.2) is 22.9 Å². The molecular weight excluding hydrogens is 600 g/mol. The Morgan fingerprint density at radius 3 is 2.38 bits per heavy atom. The second kappa shape index (κ2) is 13.3. The fraction of sp³-hybridized carbons (Fsp3) is 0.613. The second-order valence-electron chi connectivity index (χ2n) is 13.2. The van der Waals surface area contributed by atoms with Crippen LogP contribution in [0.3, 0.4) is 0 Å². The average Bonchev–Trinajstić information content (AvgIpc) is 3.41. The first-order valence-corrected chi connectivity index (χ1v) is 17.0. The summed E-state index contributed by atoms with van der Waals surface area (Å²) >= 11 is 0. The molecule has 1 aromatic carbocycles. The summed E-state index contributed by atoms with van der Waals surface area (Å²) in [6.45, 7) is 5.12. The number of hydrogen-bond acceptors (Lipinski definition) is 8. The number of carbonyl (C=O) groups is 4. The number of amides is 5. The van der Waals surface area contributed by atoms with Crippen molar-refractivity contribution in [1.29, 1.82) is 0 Å². The Balaban J connectivity index is 1.64. The molecule has 248 valence electrons. The lowest BCUT2D eigenvalue weighted by Gasteiger charge is -2.34. The number of urea groups is 1. The van der Waals surface area contributed by atoms with Gasteiger partial charge in [0.15, 0.2) is 4.87 Å². The van der Waals surface area contributed by atoms with E-state index in [4.69, 9.17) is 10.5 Å². The second-order valence-corrected chi connectivity index (χ2v) is 15.1. The molecule has 4 rings (SSSR count). The SMILES string of the molecule is CN(C)c1ccc(NS(=O)(=O)[C@]23C[C@H]2/C=C\CCCCC[C@H](N(C(N)=O)C(=O)OC(C)(C)C)C(=O)N2CCC[C@H]2C(=O)N3)cc1. The minimum atomic E-state index is -4.13. The van der Waals surface area contributed by atoms with E-state index in [1.165, 1.54) is 4.90 Å². The van der Waals surface area contributed by atoms with Crippen LogP contribution in [-0.2, 0) is 24.3 Å². The number of nitrogens with zero attached hydrogens (tertiary/aromatic N) is 3. The van der Waals surface area contributed by atoms with Crippen LogP contribution < -0.4 is 20.7 Å². The van der Waals surface area contributed by atoms with Crippen molar-refractivity contribution in [2.24, 2.45) is 11.7 Å². The fourth-order valence-electron chi connectivity index (χ4n) is 5.95. The maximum Gasteiger partial charge on any atom is 0.419 e. The monoisotopic (exact) mass is 646 g/mol. The molecule has 1 aliphatic carbocycles. The summed E-state index contributed by atoms with van der Waals surface area (Å²) in [7, 11) is -0.361. The number of benzene rings is 1. The Morgan fingerprint density at radius 1 is 1.07 bits per heavy atom. The third-order valence-electron chi connectivity index (χ3n) is 8.39. The summed E-state index contributed by atoms with van der Waals surface area (Å²) in [6, 6.07) is 3.52. The third-order valence-corrected chi connectivity index (χ3v) is 10.4. The Morgan fingerprint density at radius 2 is 1.76 bits per heavy atom. The molecule has 2 aliphatic heterocycles. The van der Waals surface area contributed by atoms with Crippen LogP contribution in [0.4, 0.5) is 21.0 Å². The van der Waals surface area contributed by atoms with Gasteiger partial charge in [-0.15, -0.1) is 0 Å². The van der Waals surface area contributed by atoms with Crippen LogP contribution in [0, 0.1) is 5.92 Å². The van der Waals surface area contributed by atoms with E-state index in [9.17, 15) is 27.6 Å². The number of hydrogen-bond donors (Lipinski definition) is 3. The highest BCUT2D eigenvalue weighted by molar-refractivity contribution is 7.94. The zero-order valence-electron chi connectivity index (χ0n) is 26.7. The number of anilines is 2. The highest BCUT2D eigenvalue weighted by Gasteiger charge is 2.64. The maximum absolute atomic E-state index is 14.1. The molecule has 4 atom stereocenters. The molecule has 1 saturated heterocycles. The molecule has 2 fully saturated rings. The van der Waals surface area contributed by atoms with Gasteiger partial charge in [-0.2, -0.15) is 0 Å². The molecule has 0 radical (unpaired) electrons. The lowest BCUT2D eigenvalue weighted by atomic mass is 10.0. The van der Waals surface area contributed by atoms with Gasteiger partial charge in [0.25, 0.3) is 10.0 Å². The number of sulfonamides is 1. The van der Waals surface area contributed by atoms with Crippen LogP contribution in [0.15, 0.2) is 36.4 Å². The maximum atomic E-state index is 14.1. The molecule has 0 unspecified atom stereocenters. The molecule has 45 heavy (non-hydrogen) atoms. The number of allylic oxidation sites excluding steroid dienone is 1. The van der Waals surface area contributed by atoms with E-state index in [0.717, 1.165) is 12.1 Å². The van der Waals surface area contributed by atoms with Gasteiger partial charge in [0.1, 0.15) is 17.7 Å². The van der Waals surface area contributed by atoms with Gasteiger partial charge in [-0.1, -0.05) is 25.0 Å². The van der Waals surface area contributed by atoms with Crippen molar-refractivity contribution in [2.75, 3.05) is 30.3 Å². The number of carbonyl (C=O) groups excluding carboxylic acids is 4. The van der Waals surface area contributed by atoms with E-state index < -0.39 is 62.4 Å². The fourth-order valence-corrected chi connectivity index (χ4v) is 7.69. The highest BCUT2D eigenvalue weighted by Crippen LogP contribution is 2.50. The van der Waals surface area contributed by atoms with Gasteiger partial charge in [0.05, 0.1) is 0 Å². The number of ether oxygens (including phenoxy) is 1. The molecule has 0 aromatic heterocycles. The van der Waals surface area contributed by atoms with Gasteiger partial charge in [0, 0.05) is 37.9 Å². The molecule has 1 saturated carbocycles. The minimum Gasteiger partial charge on any atom is -0.443 e. The predicted octanol–water partition coefficient (Wildman–Crippen LogP) is 3.52. The summed E-state index contributed by atoms with van der Waals surface area (Å²) in [5, 5.41) is 2.80. The van der Waals surface area contributed by atoms with Crippen molar-refractivity contribution in [3.63, 3.8) is 0 Å². The molecule has 1 aromatic rings. The van der Waals surface area contributed by atoms with Crippen molar-refractivity contribution in [1.82, 2.24) is 15.1 Å². The zero-order chi connectivity index (χ0) is 33.2. The third kappa shape index (κ3) is 7.71. The Labute approximate surface area is 265 Å². The summed E-state index contributed by atoms with van der Waals surface area (Å²) in [5.41, 5.74) is 5.94. The van der Waals surface area contributed by atoms with E-state index in [1.54, 1.807) is 45.0 Å². The van der Waals surface area contributed by atoms with Gasteiger partial charge in [-0.3, -0.25) is 14.3 Å². The van der Waals surface area contributed by atoms with Crippen LogP contribution in [0.5, 0.6) is 0 Å². The van der Waals surface area contributed by atoms with E-state index in [-0.39, 0.29) is 19.4 Å². The topological polar surface area (TPSA) is 171 Å². The van der Waals surface area contributed by atoms with Crippen LogP contribution in [-0.4, -0.2) is 85.4 Å². The minimum absolute atomic E-state index is 0.146. The number of nitrogens with two attached hydrogens (primary N) is 1. The average molecular weight is 647 g/mol. The summed E-state index contributed by atoms with van der Waals surface area (Å²) < 4.78 is 35.8. The van der Waals surface area contributed by atoms with E-state index in [1.807, 2.05) is 31.1 Å². The molecule has 4 N–H and O–H groups in total. The molecule has 3 aliphatic rings. The quantitative estimate of drug-likeness (QED) is 0.408. The number of nitrogens with one attached hydrogen (secondary N) is 2. The highest BCUT2D eigenvalue weighted by atomic mass is 32.2. The number of primary amides is 1. The largest absolute Gasteiger partial charge is 0.443 e. The van der Waals surface area contributed by atoms with E-state index in [0.29, 0.717) is 42.7 Å². The molecule has 0 bridgehead atoms. The van der Waals surface area contributed by atoms with Crippen molar-refractivity contribution < 1.29 is 32.3 Å². The molecule has 14 heteroatoms. The summed E-state index contributed by atoms with van der Waals surface area (Å²) in [5.74, 6) is -1.67. The van der Waals surface area contributed by atoms with Gasteiger partial charge in [-0.05, 0) is 83.6 Å². The first-order valence-electron chi connectivity index (χ1n) is 15.5.